The van der Waals surface area contributed by atoms with Gasteiger partial charge in [0, 0.05) is 21.3 Å². The van der Waals surface area contributed by atoms with Crippen LogP contribution in [0.25, 0.3) is 22.6 Å². The number of oxazole rings is 1. The third-order valence-corrected chi connectivity index (χ3v) is 5.03. The zero-order valence-corrected chi connectivity index (χ0v) is 16.5. The lowest BCUT2D eigenvalue weighted by atomic mass is 10.1. The Labute approximate surface area is 165 Å². The smallest absolute Gasteiger partial charge is 0.255 e. The molecule has 1 heterocycles. The number of nitrogens with zero attached hydrogens (tertiary/aromatic N) is 1. The van der Waals surface area contributed by atoms with Crippen LogP contribution in [0.3, 0.4) is 0 Å². The molecule has 0 saturated heterocycles. The molecule has 1 N–H and O–H groups in total. The number of hydrogen-bond acceptors (Lipinski definition) is 3. The van der Waals surface area contributed by atoms with E-state index in [4.69, 9.17) is 4.42 Å². The van der Waals surface area contributed by atoms with Gasteiger partial charge in [-0.2, -0.15) is 0 Å². The lowest BCUT2D eigenvalue weighted by molar-refractivity contribution is 0.102. The van der Waals surface area contributed by atoms with E-state index in [9.17, 15) is 4.79 Å². The monoisotopic (exact) mass is 420 g/mol. The van der Waals surface area contributed by atoms with Crippen LogP contribution in [0.4, 0.5) is 5.69 Å². The summed E-state index contributed by atoms with van der Waals surface area (Å²) in [5, 5.41) is 2.89. The third kappa shape index (κ3) is 3.64. The van der Waals surface area contributed by atoms with Crippen molar-refractivity contribution in [1.29, 1.82) is 0 Å². The van der Waals surface area contributed by atoms with Gasteiger partial charge in [0.1, 0.15) is 5.52 Å². The van der Waals surface area contributed by atoms with Crippen LogP contribution >= 0.6 is 15.9 Å². The average Bonchev–Trinajstić information content (AvgIpc) is 3.06. The lowest BCUT2D eigenvalue weighted by Crippen LogP contribution is -2.11. The zero-order valence-electron chi connectivity index (χ0n) is 14.9. The second kappa shape index (κ2) is 7.00. The van der Waals surface area contributed by atoms with E-state index in [2.05, 4.69) is 40.1 Å². The second-order valence-corrected chi connectivity index (χ2v) is 7.38. The number of aryl methyl sites for hydroxylation is 2. The van der Waals surface area contributed by atoms with E-state index in [1.165, 1.54) is 11.1 Å². The molecule has 1 aromatic heterocycles. The first-order chi connectivity index (χ1) is 13.0. The van der Waals surface area contributed by atoms with Gasteiger partial charge in [-0.25, -0.2) is 4.98 Å². The molecule has 0 bridgehead atoms. The Bertz CT molecular complexity index is 1090. The van der Waals surface area contributed by atoms with E-state index in [0.29, 0.717) is 11.5 Å². The van der Waals surface area contributed by atoms with Gasteiger partial charge in [-0.15, -0.1) is 0 Å². The van der Waals surface area contributed by atoms with Crippen LogP contribution in [0.15, 0.2) is 69.6 Å². The molecule has 27 heavy (non-hydrogen) atoms. The Kier molecular flexibility index (Phi) is 4.54. The highest BCUT2D eigenvalue weighted by Crippen LogP contribution is 2.27. The summed E-state index contributed by atoms with van der Waals surface area (Å²) in [4.78, 5) is 16.9. The van der Waals surface area contributed by atoms with Crippen molar-refractivity contribution in [1.82, 2.24) is 4.98 Å². The number of nitrogens with one attached hydrogen (secondary N) is 1. The van der Waals surface area contributed by atoms with Crippen LogP contribution in [0.5, 0.6) is 0 Å². The minimum absolute atomic E-state index is 0.150. The molecular formula is C22H17BrN2O2. The topological polar surface area (TPSA) is 55.1 Å². The number of fused-ring (bicyclic) bond motifs is 1. The molecule has 0 aliphatic heterocycles. The molecule has 0 aliphatic rings. The van der Waals surface area contributed by atoms with Gasteiger partial charge in [0.25, 0.3) is 5.91 Å². The Morgan fingerprint density at radius 2 is 1.63 bits per heavy atom. The molecule has 5 heteroatoms. The minimum atomic E-state index is -0.150. The van der Waals surface area contributed by atoms with Crippen molar-refractivity contribution in [2.24, 2.45) is 0 Å². The highest BCUT2D eigenvalue weighted by molar-refractivity contribution is 9.10. The molecule has 0 saturated carbocycles. The number of aromatic nitrogens is 1. The van der Waals surface area contributed by atoms with E-state index < -0.39 is 0 Å². The van der Waals surface area contributed by atoms with E-state index in [-0.39, 0.29) is 5.91 Å². The quantitative estimate of drug-likeness (QED) is 0.433. The van der Waals surface area contributed by atoms with Gasteiger partial charge in [-0.3, -0.25) is 4.79 Å². The standard InChI is InChI=1S/C22H17BrN2O2/c1-13-11-19-20(12-14(13)2)27-22(25-19)16-5-9-18(10-6-16)24-21(26)15-3-7-17(23)8-4-15/h3-12H,1-2H3,(H,24,26). The molecule has 0 radical (unpaired) electrons. The normalized spacial score (nSPS) is 10.9. The van der Waals surface area contributed by atoms with Gasteiger partial charge in [0.15, 0.2) is 5.58 Å². The van der Waals surface area contributed by atoms with Crippen molar-refractivity contribution in [2.45, 2.75) is 13.8 Å². The molecule has 0 aliphatic carbocycles. The predicted molar refractivity (Wildman–Crippen MR) is 111 cm³/mol. The highest BCUT2D eigenvalue weighted by atomic mass is 79.9. The van der Waals surface area contributed by atoms with Gasteiger partial charge in [0.05, 0.1) is 0 Å². The number of carbonyl (C=O) groups is 1. The van der Waals surface area contributed by atoms with Crippen molar-refractivity contribution in [3.8, 4) is 11.5 Å². The fraction of sp³-hybridized carbons (Fsp3) is 0.0909. The number of hydrogen-bond donors (Lipinski definition) is 1. The van der Waals surface area contributed by atoms with E-state index in [0.717, 1.165) is 26.8 Å². The van der Waals surface area contributed by atoms with Gasteiger partial charge in [-0.05, 0) is 85.6 Å². The first kappa shape index (κ1) is 17.5. The van der Waals surface area contributed by atoms with E-state index >= 15 is 0 Å². The fourth-order valence-electron chi connectivity index (χ4n) is 2.80. The molecule has 0 atom stereocenters. The Morgan fingerprint density at radius 1 is 0.963 bits per heavy atom. The first-order valence-corrected chi connectivity index (χ1v) is 9.34. The van der Waals surface area contributed by atoms with Crippen LogP contribution in [0, 0.1) is 13.8 Å². The number of carbonyl (C=O) groups excluding carboxylic acids is 1. The summed E-state index contributed by atoms with van der Waals surface area (Å²) in [7, 11) is 0. The molecule has 4 nitrogen and oxygen atoms in total. The molecule has 0 unspecified atom stereocenters. The number of rotatable bonds is 3. The first-order valence-electron chi connectivity index (χ1n) is 8.55. The average molecular weight is 421 g/mol. The highest BCUT2D eigenvalue weighted by Gasteiger charge is 2.11. The molecule has 0 fully saturated rings. The van der Waals surface area contributed by atoms with Gasteiger partial charge in [-0.1, -0.05) is 15.9 Å². The maximum absolute atomic E-state index is 12.3. The van der Waals surface area contributed by atoms with Crippen LogP contribution < -0.4 is 5.32 Å². The van der Waals surface area contributed by atoms with E-state index in [1.807, 2.05) is 48.5 Å². The van der Waals surface area contributed by atoms with Crippen molar-refractivity contribution < 1.29 is 9.21 Å². The lowest BCUT2D eigenvalue weighted by Gasteiger charge is -2.06. The number of amides is 1. The maximum atomic E-state index is 12.3. The number of anilines is 1. The third-order valence-electron chi connectivity index (χ3n) is 4.50. The van der Waals surface area contributed by atoms with Crippen LogP contribution in [0.1, 0.15) is 21.5 Å². The Balaban J connectivity index is 1.55. The Morgan fingerprint density at radius 3 is 2.33 bits per heavy atom. The van der Waals surface area contributed by atoms with Crippen LogP contribution in [-0.4, -0.2) is 10.9 Å². The summed E-state index contributed by atoms with van der Waals surface area (Å²) in [6.45, 7) is 4.12. The minimum Gasteiger partial charge on any atom is -0.436 e. The van der Waals surface area contributed by atoms with Crippen LogP contribution in [-0.2, 0) is 0 Å². The Hall–Kier alpha value is -2.92. The van der Waals surface area contributed by atoms with Crippen molar-refractivity contribution >= 4 is 38.6 Å². The second-order valence-electron chi connectivity index (χ2n) is 6.46. The largest absolute Gasteiger partial charge is 0.436 e. The fourth-order valence-corrected chi connectivity index (χ4v) is 3.07. The van der Waals surface area contributed by atoms with Crippen LogP contribution in [0.2, 0.25) is 0 Å². The summed E-state index contributed by atoms with van der Waals surface area (Å²) in [5.41, 5.74) is 6.18. The summed E-state index contributed by atoms with van der Waals surface area (Å²) in [6, 6.07) is 18.7. The predicted octanol–water partition coefficient (Wildman–Crippen LogP) is 6.13. The molecule has 3 aromatic carbocycles. The SMILES string of the molecule is Cc1cc2nc(-c3ccc(NC(=O)c4ccc(Br)cc4)cc3)oc2cc1C. The number of halogens is 1. The molecular weight excluding hydrogens is 404 g/mol. The van der Waals surface area contributed by atoms with Crippen molar-refractivity contribution in [2.75, 3.05) is 5.32 Å². The van der Waals surface area contributed by atoms with Gasteiger partial charge < -0.3 is 9.73 Å². The molecule has 4 aromatic rings. The molecule has 4 rings (SSSR count). The van der Waals surface area contributed by atoms with E-state index in [1.54, 1.807) is 12.1 Å². The molecule has 0 spiro atoms. The summed E-state index contributed by atoms with van der Waals surface area (Å²) in [5.74, 6) is 0.420. The van der Waals surface area contributed by atoms with Crippen molar-refractivity contribution in [3.05, 3.63) is 81.8 Å². The summed E-state index contributed by atoms with van der Waals surface area (Å²) >= 11 is 3.37. The summed E-state index contributed by atoms with van der Waals surface area (Å²) < 4.78 is 6.83. The van der Waals surface area contributed by atoms with Gasteiger partial charge in [0.2, 0.25) is 5.89 Å². The summed E-state index contributed by atoms with van der Waals surface area (Å²) in [6.07, 6.45) is 0. The molecule has 1 amide bonds. The van der Waals surface area contributed by atoms with Gasteiger partial charge >= 0.3 is 0 Å². The maximum Gasteiger partial charge on any atom is 0.255 e. The number of benzene rings is 3. The van der Waals surface area contributed by atoms with Crippen molar-refractivity contribution in [3.63, 3.8) is 0 Å². The zero-order chi connectivity index (χ0) is 19.0. The molecule has 134 valence electrons.